The number of nitrogens with zero attached hydrogens (tertiary/aromatic N) is 1. The molecule has 0 aromatic heterocycles. The monoisotopic (exact) mass is 336 g/mol. The lowest BCUT2D eigenvalue weighted by Crippen LogP contribution is -2.36. The summed E-state index contributed by atoms with van der Waals surface area (Å²) < 4.78 is 6.06. The smallest absolute Gasteiger partial charge is 0.335 e. The molecule has 20 heavy (non-hydrogen) atoms. The Morgan fingerprint density at radius 1 is 1.45 bits per heavy atom. The third-order valence-electron chi connectivity index (χ3n) is 3.34. The van der Waals surface area contributed by atoms with E-state index in [1.165, 1.54) is 0 Å². The average molecular weight is 337 g/mol. The van der Waals surface area contributed by atoms with E-state index < -0.39 is 5.41 Å². The first-order chi connectivity index (χ1) is 9.36. The van der Waals surface area contributed by atoms with Crippen LogP contribution in [0.1, 0.15) is 26.3 Å². The van der Waals surface area contributed by atoms with Gasteiger partial charge in [-0.3, -0.25) is 0 Å². The average Bonchev–Trinajstić information content (AvgIpc) is 2.46. The minimum absolute atomic E-state index is 0.328. The normalized spacial score (nSPS) is 16.6. The number of carbonyl (C=O) groups excluding carboxylic acids is 1. The maximum atomic E-state index is 12.2. The van der Waals surface area contributed by atoms with Crippen molar-refractivity contribution in [1.29, 1.82) is 0 Å². The predicted octanol–water partition coefficient (Wildman–Crippen LogP) is 3.42. The lowest BCUT2D eigenvalue weighted by Gasteiger charge is -2.24. The Labute approximate surface area is 126 Å². The fourth-order valence-corrected chi connectivity index (χ4v) is 2.39. The number of hydrogen-bond donors (Lipinski definition) is 1. The van der Waals surface area contributed by atoms with Crippen LogP contribution in [0.3, 0.4) is 0 Å². The Hall–Kier alpha value is -1.62. The summed E-state index contributed by atoms with van der Waals surface area (Å²) in [6, 6.07) is 5.67. The number of ether oxygens (including phenoxy) is 1. The zero-order valence-corrected chi connectivity index (χ0v) is 13.3. The molecule has 0 aliphatic carbocycles. The Morgan fingerprint density at radius 2 is 2.15 bits per heavy atom. The minimum atomic E-state index is -0.669. The Balaban J connectivity index is 2.64. The van der Waals surface area contributed by atoms with Gasteiger partial charge in [-0.1, -0.05) is 15.9 Å². The maximum absolute atomic E-state index is 12.2. The number of benzene rings is 1. The van der Waals surface area contributed by atoms with Crippen molar-refractivity contribution in [3.05, 3.63) is 33.8 Å². The molecule has 1 aliphatic heterocycles. The molecule has 0 radical (unpaired) electrons. The van der Waals surface area contributed by atoms with Crippen molar-refractivity contribution in [3.8, 4) is 0 Å². The summed E-state index contributed by atoms with van der Waals surface area (Å²) >= 11 is 3.42. The van der Waals surface area contributed by atoms with Crippen LogP contribution < -0.4 is 5.73 Å². The second-order valence-corrected chi connectivity index (χ2v) is 6.02. The maximum Gasteiger partial charge on any atom is 0.335 e. The summed E-state index contributed by atoms with van der Waals surface area (Å²) in [5, 5.41) is 0. The highest BCUT2D eigenvalue weighted by Crippen LogP contribution is 2.37. The zero-order valence-electron chi connectivity index (χ0n) is 11.7. The van der Waals surface area contributed by atoms with Gasteiger partial charge in [-0.25, -0.2) is 9.79 Å². The molecule has 0 unspecified atom stereocenters. The number of aliphatic imine (C=N–C) groups is 1. The van der Waals surface area contributed by atoms with Gasteiger partial charge in [0.2, 0.25) is 0 Å². The van der Waals surface area contributed by atoms with Crippen molar-refractivity contribution in [2.45, 2.75) is 20.8 Å². The standard InChI is InChI=1S/C15H17BrN2O2/c1-4-20-13(19)11-8-9-7-10(16)5-6-12(9)18-14(17)15(11,2)3/h5-8H,4H2,1-3H3,(H2,17,18). The van der Waals surface area contributed by atoms with E-state index in [0.29, 0.717) is 18.0 Å². The van der Waals surface area contributed by atoms with Gasteiger partial charge in [-0.15, -0.1) is 0 Å². The van der Waals surface area contributed by atoms with Crippen molar-refractivity contribution in [2.75, 3.05) is 6.61 Å². The fraction of sp³-hybridized carbons (Fsp3) is 0.333. The van der Waals surface area contributed by atoms with Gasteiger partial charge in [-0.2, -0.15) is 0 Å². The molecule has 0 fully saturated rings. The van der Waals surface area contributed by atoms with Gasteiger partial charge in [0.1, 0.15) is 5.84 Å². The van der Waals surface area contributed by atoms with Crippen LogP contribution in [0.25, 0.3) is 6.08 Å². The number of halogens is 1. The van der Waals surface area contributed by atoms with E-state index >= 15 is 0 Å². The van der Waals surface area contributed by atoms with Crippen LogP contribution in [0.15, 0.2) is 33.2 Å². The fourth-order valence-electron chi connectivity index (χ4n) is 2.01. The van der Waals surface area contributed by atoms with Crippen LogP contribution in [0.5, 0.6) is 0 Å². The molecule has 5 heteroatoms. The van der Waals surface area contributed by atoms with Crippen molar-refractivity contribution < 1.29 is 9.53 Å². The van der Waals surface area contributed by atoms with Gasteiger partial charge in [0.25, 0.3) is 0 Å². The highest BCUT2D eigenvalue weighted by molar-refractivity contribution is 9.10. The van der Waals surface area contributed by atoms with Gasteiger partial charge in [0.15, 0.2) is 0 Å². The van der Waals surface area contributed by atoms with Crippen LogP contribution in [0, 0.1) is 5.41 Å². The first kappa shape index (κ1) is 14.8. The number of hydrogen-bond acceptors (Lipinski definition) is 4. The molecule has 1 aromatic rings. The van der Waals surface area contributed by atoms with Gasteiger partial charge in [0.05, 0.1) is 23.3 Å². The molecule has 0 atom stereocenters. The van der Waals surface area contributed by atoms with Gasteiger partial charge >= 0.3 is 5.97 Å². The summed E-state index contributed by atoms with van der Waals surface area (Å²) in [6.45, 7) is 5.85. The molecule has 0 saturated heterocycles. The number of nitrogens with two attached hydrogens (primary N) is 1. The zero-order chi connectivity index (χ0) is 14.9. The van der Waals surface area contributed by atoms with Crippen molar-refractivity contribution in [2.24, 2.45) is 16.1 Å². The number of rotatable bonds is 2. The Morgan fingerprint density at radius 3 is 2.80 bits per heavy atom. The summed E-state index contributed by atoms with van der Waals surface area (Å²) in [4.78, 5) is 16.6. The molecular formula is C15H17BrN2O2. The molecule has 1 aliphatic rings. The van der Waals surface area contributed by atoms with E-state index in [0.717, 1.165) is 15.7 Å². The summed E-state index contributed by atoms with van der Waals surface area (Å²) in [5.74, 6) is 0.0429. The van der Waals surface area contributed by atoms with Crippen LogP contribution in [-0.2, 0) is 9.53 Å². The predicted molar refractivity (Wildman–Crippen MR) is 83.8 cm³/mol. The summed E-state index contributed by atoms with van der Waals surface area (Å²) in [5.41, 5.74) is 7.51. The quantitative estimate of drug-likeness (QED) is 0.841. The number of esters is 1. The highest BCUT2D eigenvalue weighted by atomic mass is 79.9. The van der Waals surface area contributed by atoms with E-state index in [-0.39, 0.29) is 5.97 Å². The van der Waals surface area contributed by atoms with Crippen molar-refractivity contribution in [3.63, 3.8) is 0 Å². The van der Waals surface area contributed by atoms with E-state index in [4.69, 9.17) is 10.5 Å². The number of fused-ring (bicyclic) bond motifs is 1. The number of carbonyl (C=O) groups is 1. The third kappa shape index (κ3) is 2.63. The molecule has 0 saturated carbocycles. The van der Waals surface area contributed by atoms with E-state index in [1.807, 2.05) is 32.0 Å². The van der Waals surface area contributed by atoms with Gasteiger partial charge in [0, 0.05) is 10.0 Å². The molecule has 4 nitrogen and oxygen atoms in total. The SMILES string of the molecule is CCOC(=O)C1=Cc2cc(Br)ccc2N=C(N)C1(C)C. The minimum Gasteiger partial charge on any atom is -0.463 e. The van der Waals surface area contributed by atoms with Crippen molar-refractivity contribution >= 4 is 39.5 Å². The lowest BCUT2D eigenvalue weighted by atomic mass is 9.82. The van der Waals surface area contributed by atoms with Crippen LogP contribution >= 0.6 is 15.9 Å². The second-order valence-electron chi connectivity index (χ2n) is 5.10. The van der Waals surface area contributed by atoms with E-state index in [9.17, 15) is 4.79 Å². The molecule has 1 aromatic carbocycles. The molecule has 106 valence electrons. The topological polar surface area (TPSA) is 64.7 Å². The third-order valence-corrected chi connectivity index (χ3v) is 3.83. The molecule has 2 rings (SSSR count). The van der Waals surface area contributed by atoms with Gasteiger partial charge in [-0.05, 0) is 45.0 Å². The highest BCUT2D eigenvalue weighted by Gasteiger charge is 2.35. The molecular weight excluding hydrogens is 320 g/mol. The molecule has 2 N–H and O–H groups in total. The van der Waals surface area contributed by atoms with Crippen LogP contribution in [0.2, 0.25) is 0 Å². The first-order valence-electron chi connectivity index (χ1n) is 6.39. The van der Waals surface area contributed by atoms with Crippen LogP contribution in [0.4, 0.5) is 5.69 Å². The van der Waals surface area contributed by atoms with Crippen LogP contribution in [-0.4, -0.2) is 18.4 Å². The molecule has 1 heterocycles. The summed E-state index contributed by atoms with van der Waals surface area (Å²) in [6.07, 6.45) is 1.81. The molecule has 0 bridgehead atoms. The van der Waals surface area contributed by atoms with Gasteiger partial charge < -0.3 is 10.5 Å². The molecule has 0 spiro atoms. The lowest BCUT2D eigenvalue weighted by molar-refractivity contribution is -0.139. The molecule has 0 amide bonds. The van der Waals surface area contributed by atoms with E-state index in [1.54, 1.807) is 13.0 Å². The number of amidine groups is 1. The Kier molecular flexibility index (Phi) is 3.99. The summed E-state index contributed by atoms with van der Waals surface area (Å²) in [7, 11) is 0. The largest absolute Gasteiger partial charge is 0.463 e. The second kappa shape index (κ2) is 5.40. The van der Waals surface area contributed by atoms with E-state index in [2.05, 4.69) is 20.9 Å². The Bertz CT molecular complexity index is 618. The van der Waals surface area contributed by atoms with Crippen molar-refractivity contribution in [1.82, 2.24) is 0 Å². The first-order valence-corrected chi connectivity index (χ1v) is 7.19.